The van der Waals surface area contributed by atoms with Crippen LogP contribution in [0.5, 0.6) is 0 Å². The fourth-order valence-corrected chi connectivity index (χ4v) is 4.10. The molecule has 3 aliphatic rings. The van der Waals surface area contributed by atoms with Gasteiger partial charge in [0.25, 0.3) is 5.91 Å². The lowest BCUT2D eigenvalue weighted by molar-refractivity contribution is -0.136. The number of aliphatic hydroxyl groups is 1. The summed E-state index contributed by atoms with van der Waals surface area (Å²) in [7, 11) is 0. The molecule has 7 nitrogen and oxygen atoms in total. The van der Waals surface area contributed by atoms with E-state index in [0.29, 0.717) is 18.5 Å². The van der Waals surface area contributed by atoms with E-state index < -0.39 is 11.9 Å². The van der Waals surface area contributed by atoms with Gasteiger partial charge >= 0.3 is 0 Å². The van der Waals surface area contributed by atoms with Gasteiger partial charge in [0.2, 0.25) is 11.8 Å². The molecule has 2 saturated heterocycles. The standard InChI is InChI=1S/C18H21N3O4/c22-10-13-2-1-7-20(13)12-3-4-14-11(8-12)9-21(18(14)25)15-5-6-16(23)19-17(15)24/h3-4,8,13,15,22H,1-2,5-7,9-10H2,(H,19,23,24)/t13-,15?/m0/s1. The molecule has 3 heterocycles. The van der Waals surface area contributed by atoms with Crippen molar-refractivity contribution in [2.75, 3.05) is 18.1 Å². The second-order valence-electron chi connectivity index (χ2n) is 6.91. The Kier molecular flexibility index (Phi) is 3.95. The van der Waals surface area contributed by atoms with Crippen LogP contribution in [0.15, 0.2) is 18.2 Å². The number of amides is 3. The second-order valence-corrected chi connectivity index (χ2v) is 6.91. The third kappa shape index (κ3) is 2.68. The van der Waals surface area contributed by atoms with E-state index in [9.17, 15) is 19.5 Å². The number of piperidine rings is 1. The van der Waals surface area contributed by atoms with Gasteiger partial charge in [0, 0.05) is 30.8 Å². The van der Waals surface area contributed by atoms with Gasteiger partial charge < -0.3 is 14.9 Å². The summed E-state index contributed by atoms with van der Waals surface area (Å²) in [6, 6.07) is 5.26. The lowest BCUT2D eigenvalue weighted by atomic mass is 10.0. The minimum atomic E-state index is -0.585. The molecule has 2 fully saturated rings. The first-order valence-electron chi connectivity index (χ1n) is 8.73. The molecule has 3 amide bonds. The zero-order valence-electron chi connectivity index (χ0n) is 13.9. The van der Waals surface area contributed by atoms with Crippen molar-refractivity contribution in [2.45, 2.75) is 44.3 Å². The lowest BCUT2D eigenvalue weighted by Gasteiger charge is -2.29. The predicted molar refractivity (Wildman–Crippen MR) is 89.9 cm³/mol. The van der Waals surface area contributed by atoms with Crippen LogP contribution >= 0.6 is 0 Å². The average Bonchev–Trinajstić information content (AvgIpc) is 3.19. The maximum atomic E-state index is 12.7. The molecule has 3 aliphatic heterocycles. The van der Waals surface area contributed by atoms with Crippen LogP contribution in [0.2, 0.25) is 0 Å². The van der Waals surface area contributed by atoms with Gasteiger partial charge in [-0.2, -0.15) is 0 Å². The van der Waals surface area contributed by atoms with Crippen LogP contribution in [0.1, 0.15) is 41.6 Å². The SMILES string of the molecule is O=C1CCC(N2Cc3cc(N4CCC[C@H]4CO)ccc3C2=O)C(=O)N1. The van der Waals surface area contributed by atoms with Gasteiger partial charge in [-0.25, -0.2) is 0 Å². The van der Waals surface area contributed by atoms with E-state index >= 15 is 0 Å². The van der Waals surface area contributed by atoms with Gasteiger partial charge in [-0.3, -0.25) is 19.7 Å². The third-order valence-corrected chi connectivity index (χ3v) is 5.43. The number of nitrogens with zero attached hydrogens (tertiary/aromatic N) is 2. The van der Waals surface area contributed by atoms with Crippen LogP contribution in [0, 0.1) is 0 Å². The van der Waals surface area contributed by atoms with Crippen LogP contribution in [-0.4, -0.2) is 53.0 Å². The van der Waals surface area contributed by atoms with Crippen LogP contribution in [-0.2, 0) is 16.1 Å². The minimum absolute atomic E-state index is 0.123. The third-order valence-electron chi connectivity index (χ3n) is 5.43. The monoisotopic (exact) mass is 343 g/mol. The number of carbonyl (C=O) groups is 3. The van der Waals surface area contributed by atoms with Crippen LogP contribution in [0.25, 0.3) is 0 Å². The molecular formula is C18H21N3O4. The number of hydrogen-bond donors (Lipinski definition) is 2. The number of nitrogens with one attached hydrogen (secondary N) is 1. The molecule has 0 spiro atoms. The Morgan fingerprint density at radius 2 is 2.00 bits per heavy atom. The summed E-state index contributed by atoms with van der Waals surface area (Å²) >= 11 is 0. The second kappa shape index (κ2) is 6.15. The maximum absolute atomic E-state index is 12.7. The Balaban J connectivity index is 1.57. The summed E-state index contributed by atoms with van der Waals surface area (Å²) < 4.78 is 0. The van der Waals surface area contributed by atoms with Crippen molar-refractivity contribution in [3.8, 4) is 0 Å². The van der Waals surface area contributed by atoms with Crippen LogP contribution in [0.3, 0.4) is 0 Å². The summed E-state index contributed by atoms with van der Waals surface area (Å²) in [4.78, 5) is 39.8. The van der Waals surface area contributed by atoms with Crippen molar-refractivity contribution in [1.29, 1.82) is 0 Å². The molecule has 7 heteroatoms. The number of carbonyl (C=O) groups excluding carboxylic acids is 3. The van der Waals surface area contributed by atoms with Crippen molar-refractivity contribution in [2.24, 2.45) is 0 Å². The summed E-state index contributed by atoms with van der Waals surface area (Å²) in [5.41, 5.74) is 2.53. The Morgan fingerprint density at radius 3 is 2.76 bits per heavy atom. The molecule has 1 aromatic carbocycles. The quantitative estimate of drug-likeness (QED) is 0.776. The summed E-state index contributed by atoms with van der Waals surface area (Å²) in [5, 5.41) is 11.8. The van der Waals surface area contributed by atoms with Crippen molar-refractivity contribution < 1.29 is 19.5 Å². The van der Waals surface area contributed by atoms with E-state index in [1.807, 2.05) is 18.2 Å². The molecule has 0 aromatic heterocycles. The first-order chi connectivity index (χ1) is 12.1. The first-order valence-corrected chi connectivity index (χ1v) is 8.73. The van der Waals surface area contributed by atoms with Gasteiger partial charge in [-0.05, 0) is 43.0 Å². The average molecular weight is 343 g/mol. The van der Waals surface area contributed by atoms with Crippen molar-refractivity contribution in [1.82, 2.24) is 10.2 Å². The van der Waals surface area contributed by atoms with Gasteiger partial charge in [0.1, 0.15) is 6.04 Å². The largest absolute Gasteiger partial charge is 0.394 e. The normalized spacial score (nSPS) is 26.2. The first kappa shape index (κ1) is 16.1. The molecule has 1 unspecified atom stereocenters. The smallest absolute Gasteiger partial charge is 0.255 e. The Bertz CT molecular complexity index is 748. The van der Waals surface area contributed by atoms with E-state index in [0.717, 1.165) is 30.6 Å². The van der Waals surface area contributed by atoms with Gasteiger partial charge in [0.15, 0.2) is 0 Å². The zero-order chi connectivity index (χ0) is 17.6. The molecule has 132 valence electrons. The van der Waals surface area contributed by atoms with Crippen molar-refractivity contribution in [3.63, 3.8) is 0 Å². The highest BCUT2D eigenvalue weighted by molar-refractivity contribution is 6.05. The Morgan fingerprint density at radius 1 is 1.16 bits per heavy atom. The highest BCUT2D eigenvalue weighted by Gasteiger charge is 2.39. The van der Waals surface area contributed by atoms with E-state index in [2.05, 4.69) is 10.2 Å². The summed E-state index contributed by atoms with van der Waals surface area (Å²) in [6.07, 6.45) is 2.64. The maximum Gasteiger partial charge on any atom is 0.255 e. The molecule has 0 aliphatic carbocycles. The van der Waals surface area contributed by atoms with Crippen LogP contribution < -0.4 is 10.2 Å². The van der Waals surface area contributed by atoms with E-state index in [1.165, 1.54) is 0 Å². The van der Waals surface area contributed by atoms with E-state index in [1.54, 1.807) is 4.90 Å². The summed E-state index contributed by atoms with van der Waals surface area (Å²) in [5.74, 6) is -0.828. The number of hydrogen-bond acceptors (Lipinski definition) is 5. The lowest BCUT2D eigenvalue weighted by Crippen LogP contribution is -2.52. The molecule has 0 saturated carbocycles. The molecule has 2 N–H and O–H groups in total. The molecular weight excluding hydrogens is 322 g/mol. The van der Waals surface area contributed by atoms with E-state index in [4.69, 9.17) is 0 Å². The van der Waals surface area contributed by atoms with Gasteiger partial charge in [0.05, 0.1) is 12.6 Å². The van der Waals surface area contributed by atoms with Gasteiger partial charge in [-0.15, -0.1) is 0 Å². The number of imide groups is 1. The number of fused-ring (bicyclic) bond motifs is 1. The molecule has 1 aromatic rings. The zero-order valence-corrected chi connectivity index (χ0v) is 13.9. The number of aliphatic hydroxyl groups excluding tert-OH is 1. The van der Waals surface area contributed by atoms with Crippen LogP contribution in [0.4, 0.5) is 5.69 Å². The number of benzene rings is 1. The highest BCUT2D eigenvalue weighted by Crippen LogP contribution is 2.32. The fourth-order valence-electron chi connectivity index (χ4n) is 4.10. The van der Waals surface area contributed by atoms with Crippen molar-refractivity contribution >= 4 is 23.4 Å². The predicted octanol–water partition coefficient (Wildman–Crippen LogP) is 0.409. The van der Waals surface area contributed by atoms with Crippen molar-refractivity contribution in [3.05, 3.63) is 29.3 Å². The molecule has 0 bridgehead atoms. The van der Waals surface area contributed by atoms with Gasteiger partial charge in [-0.1, -0.05) is 0 Å². The Labute approximate surface area is 145 Å². The summed E-state index contributed by atoms with van der Waals surface area (Å²) in [6.45, 7) is 1.40. The highest BCUT2D eigenvalue weighted by atomic mass is 16.3. The molecule has 25 heavy (non-hydrogen) atoms. The Hall–Kier alpha value is -2.41. The fraction of sp³-hybridized carbons (Fsp3) is 0.500. The topological polar surface area (TPSA) is 90.0 Å². The molecule has 2 atom stereocenters. The van der Waals surface area contributed by atoms with E-state index in [-0.39, 0.29) is 30.9 Å². The number of rotatable bonds is 3. The molecule has 4 rings (SSSR count). The number of anilines is 1. The minimum Gasteiger partial charge on any atom is -0.394 e. The molecule has 0 radical (unpaired) electrons.